The molecule has 0 aliphatic rings. The molecule has 5 amide bonds. The molecule has 5 N–H and O–H groups in total. The van der Waals surface area contributed by atoms with Crippen molar-refractivity contribution in [2.75, 3.05) is 96.7 Å². The summed E-state index contributed by atoms with van der Waals surface area (Å²) in [7, 11) is 17.2. The summed E-state index contributed by atoms with van der Waals surface area (Å²) in [5.74, 6) is 0.463. The van der Waals surface area contributed by atoms with Crippen molar-refractivity contribution in [2.45, 2.75) is 34.6 Å². The maximum atomic E-state index is 10.1. The number of amides is 5. The zero-order valence-electron chi connectivity index (χ0n) is 26.3. The van der Waals surface area contributed by atoms with Crippen molar-refractivity contribution in [2.24, 2.45) is 11.5 Å². The molecular weight excluding hydrogens is 480 g/mol. The molecule has 37 heavy (non-hydrogen) atoms. The van der Waals surface area contributed by atoms with Gasteiger partial charge < -0.3 is 41.3 Å². The summed E-state index contributed by atoms with van der Waals surface area (Å²) in [6.45, 7) is 10.8. The number of nitrogens with one attached hydrogen (secondary N) is 1. The molecule has 13 nitrogen and oxygen atoms in total. The second-order valence-electron chi connectivity index (χ2n) is 8.39. The highest BCUT2D eigenvalue weighted by Gasteiger charge is 1.89. The van der Waals surface area contributed by atoms with Crippen molar-refractivity contribution in [1.29, 1.82) is 0 Å². The standard InChI is InChI=1S/C4H13N3.5C4H9NO/c5-1-3-7-4-2-6;5*1-4(6)5(2)3/h7H,1-6H2;5*1-3H3. The first-order valence-electron chi connectivity index (χ1n) is 11.6. The Labute approximate surface area is 226 Å². The maximum Gasteiger partial charge on any atom is 0.218 e. The zero-order chi connectivity index (χ0) is 31.3. The summed E-state index contributed by atoms with van der Waals surface area (Å²) < 4.78 is 0. The van der Waals surface area contributed by atoms with Gasteiger partial charge in [0.15, 0.2) is 0 Å². The minimum Gasteiger partial charge on any atom is -0.349 e. The van der Waals surface area contributed by atoms with Crippen LogP contribution in [-0.4, -0.2) is 151 Å². The fourth-order valence-electron chi connectivity index (χ4n) is 0.329. The van der Waals surface area contributed by atoms with Gasteiger partial charge in [-0.1, -0.05) is 0 Å². The van der Waals surface area contributed by atoms with Crippen molar-refractivity contribution in [3.8, 4) is 0 Å². The Hall–Kier alpha value is -2.77. The third-order valence-electron chi connectivity index (χ3n) is 3.79. The number of nitrogens with two attached hydrogens (primary N) is 2. The Morgan fingerprint density at radius 3 is 0.595 bits per heavy atom. The van der Waals surface area contributed by atoms with Crippen molar-refractivity contribution in [1.82, 2.24) is 29.8 Å². The van der Waals surface area contributed by atoms with E-state index in [4.69, 9.17) is 11.5 Å². The van der Waals surface area contributed by atoms with E-state index < -0.39 is 0 Å². The van der Waals surface area contributed by atoms with Gasteiger partial charge >= 0.3 is 0 Å². The van der Waals surface area contributed by atoms with Gasteiger partial charge in [-0.15, -0.1) is 0 Å². The first-order valence-corrected chi connectivity index (χ1v) is 11.6. The van der Waals surface area contributed by atoms with Crippen LogP contribution in [0.2, 0.25) is 0 Å². The quantitative estimate of drug-likeness (QED) is 0.382. The van der Waals surface area contributed by atoms with Crippen molar-refractivity contribution < 1.29 is 24.0 Å². The Balaban J connectivity index is -0.0000000780. The van der Waals surface area contributed by atoms with Gasteiger partial charge in [-0.05, 0) is 0 Å². The first-order chi connectivity index (χ1) is 16.6. The Bertz CT molecular complexity index is 473. The lowest BCUT2D eigenvalue weighted by Crippen LogP contribution is -2.27. The van der Waals surface area contributed by atoms with Crippen LogP contribution in [0, 0.1) is 0 Å². The van der Waals surface area contributed by atoms with E-state index in [-0.39, 0.29) is 29.5 Å². The van der Waals surface area contributed by atoms with Crippen LogP contribution in [-0.2, 0) is 24.0 Å². The van der Waals surface area contributed by atoms with Gasteiger partial charge in [0.1, 0.15) is 0 Å². The van der Waals surface area contributed by atoms with Crippen molar-refractivity contribution >= 4 is 29.5 Å². The largest absolute Gasteiger partial charge is 0.349 e. The molecular formula is C24H58N8O5. The molecule has 0 aromatic heterocycles. The number of nitrogens with zero attached hydrogens (tertiary/aromatic N) is 5. The third-order valence-corrected chi connectivity index (χ3v) is 3.79. The molecule has 0 aliphatic heterocycles. The van der Waals surface area contributed by atoms with Crippen molar-refractivity contribution in [3.63, 3.8) is 0 Å². The molecule has 0 spiro atoms. The summed E-state index contributed by atoms with van der Waals surface area (Å²) >= 11 is 0. The van der Waals surface area contributed by atoms with Crippen LogP contribution >= 0.6 is 0 Å². The average Bonchev–Trinajstić information content (AvgIpc) is 2.76. The second-order valence-corrected chi connectivity index (χ2v) is 8.39. The summed E-state index contributed by atoms with van der Waals surface area (Å²) in [5, 5.41) is 3.03. The molecule has 0 saturated carbocycles. The highest BCUT2D eigenvalue weighted by Crippen LogP contribution is 1.71. The van der Waals surface area contributed by atoms with Gasteiger partial charge in [0.05, 0.1) is 0 Å². The number of hydrogen-bond acceptors (Lipinski definition) is 8. The molecule has 0 heterocycles. The fraction of sp³-hybridized carbons (Fsp3) is 0.792. The fourth-order valence-corrected chi connectivity index (χ4v) is 0.329. The number of carbonyl (C=O) groups excluding carboxylic acids is 5. The molecule has 224 valence electrons. The highest BCUT2D eigenvalue weighted by atomic mass is 16.2. The lowest BCUT2D eigenvalue weighted by Gasteiger charge is -2.02. The van der Waals surface area contributed by atoms with Crippen molar-refractivity contribution in [3.05, 3.63) is 0 Å². The predicted molar refractivity (Wildman–Crippen MR) is 153 cm³/mol. The minimum atomic E-state index is 0.0926. The van der Waals surface area contributed by atoms with E-state index in [1.54, 1.807) is 70.5 Å². The van der Waals surface area contributed by atoms with Crippen LogP contribution in [0.4, 0.5) is 0 Å². The van der Waals surface area contributed by atoms with Crippen LogP contribution in [0.15, 0.2) is 0 Å². The molecule has 0 fully saturated rings. The molecule has 0 radical (unpaired) electrons. The smallest absolute Gasteiger partial charge is 0.218 e. The molecule has 0 saturated heterocycles. The van der Waals surface area contributed by atoms with Crippen LogP contribution < -0.4 is 16.8 Å². The van der Waals surface area contributed by atoms with Gasteiger partial charge in [0, 0.05) is 131 Å². The zero-order valence-corrected chi connectivity index (χ0v) is 26.3. The van der Waals surface area contributed by atoms with Gasteiger partial charge in [0.25, 0.3) is 0 Å². The van der Waals surface area contributed by atoms with E-state index in [1.807, 2.05) is 0 Å². The number of carbonyl (C=O) groups is 5. The number of hydrogen-bond donors (Lipinski definition) is 3. The van der Waals surface area contributed by atoms with Gasteiger partial charge in [-0.25, -0.2) is 0 Å². The second kappa shape index (κ2) is 33.2. The molecule has 0 aromatic carbocycles. The van der Waals surface area contributed by atoms with Crippen LogP contribution in [0.25, 0.3) is 0 Å². The lowest BCUT2D eigenvalue weighted by molar-refractivity contribution is -0.127. The lowest BCUT2D eigenvalue weighted by atomic mass is 10.6. The van der Waals surface area contributed by atoms with Crippen LogP contribution in [0.1, 0.15) is 34.6 Å². The van der Waals surface area contributed by atoms with E-state index in [2.05, 4.69) is 5.32 Å². The predicted octanol–water partition coefficient (Wildman–Crippen LogP) is -1.03. The maximum absolute atomic E-state index is 10.1. The van der Waals surface area contributed by atoms with Gasteiger partial charge in [-0.3, -0.25) is 24.0 Å². The Kier molecular flexibility index (Phi) is 42.6. The summed E-state index contributed by atoms with van der Waals surface area (Å²) in [4.78, 5) is 58.0. The SMILES string of the molecule is CC(=O)N(C)C.CC(=O)N(C)C.CC(=O)N(C)C.CC(=O)N(C)C.CC(=O)N(C)C.NCCNCCN. The monoisotopic (exact) mass is 538 g/mol. The molecule has 0 atom stereocenters. The van der Waals surface area contributed by atoms with E-state index in [1.165, 1.54) is 59.1 Å². The minimum absolute atomic E-state index is 0.0926. The molecule has 13 heteroatoms. The molecule has 0 aliphatic carbocycles. The molecule has 0 aromatic rings. The summed E-state index contributed by atoms with van der Waals surface area (Å²) in [6.07, 6.45) is 0. The average molecular weight is 539 g/mol. The van der Waals surface area contributed by atoms with Crippen LogP contribution in [0.3, 0.4) is 0 Å². The van der Waals surface area contributed by atoms with E-state index in [0.717, 1.165) is 13.1 Å². The van der Waals surface area contributed by atoms with E-state index in [0.29, 0.717) is 13.1 Å². The Morgan fingerprint density at radius 1 is 0.432 bits per heavy atom. The molecule has 0 rings (SSSR count). The first kappa shape index (κ1) is 47.4. The van der Waals surface area contributed by atoms with Gasteiger partial charge in [-0.2, -0.15) is 0 Å². The molecule has 0 bridgehead atoms. The van der Waals surface area contributed by atoms with Gasteiger partial charge in [0.2, 0.25) is 29.5 Å². The highest BCUT2D eigenvalue weighted by molar-refractivity contribution is 5.73. The summed E-state index contributed by atoms with van der Waals surface area (Å²) in [6, 6.07) is 0. The van der Waals surface area contributed by atoms with E-state index >= 15 is 0 Å². The topological polar surface area (TPSA) is 166 Å². The third kappa shape index (κ3) is 71.9. The van der Waals surface area contributed by atoms with E-state index in [9.17, 15) is 24.0 Å². The molecule has 0 unspecified atom stereocenters. The van der Waals surface area contributed by atoms with Crippen LogP contribution in [0.5, 0.6) is 0 Å². The number of rotatable bonds is 4. The Morgan fingerprint density at radius 2 is 0.541 bits per heavy atom. The summed E-state index contributed by atoms with van der Waals surface area (Å²) in [5.41, 5.74) is 10.3. The normalized spacial score (nSPS) is 8.14.